The molecule has 0 aromatic carbocycles. The van der Waals surface area contributed by atoms with Crippen molar-refractivity contribution >= 4 is 23.6 Å². The summed E-state index contributed by atoms with van der Waals surface area (Å²) in [5.74, 6) is 0.859. The standard InChI is InChI=1S/C14H24N2O2S/c1-5-13(3,6-2)15-12(18)10-9-19-14(4)8-7-11(17)16(10)14/h10H,5-9H2,1-4H3,(H,15,18)/t10-,14+/m0/s1. The summed E-state index contributed by atoms with van der Waals surface area (Å²) >= 11 is 1.74. The van der Waals surface area contributed by atoms with Gasteiger partial charge in [-0.25, -0.2) is 0 Å². The fraction of sp³-hybridized carbons (Fsp3) is 0.857. The summed E-state index contributed by atoms with van der Waals surface area (Å²) in [5.41, 5.74) is -0.163. The second kappa shape index (κ2) is 5.00. The molecule has 2 aliphatic heterocycles. The van der Waals surface area contributed by atoms with Crippen LogP contribution in [0.25, 0.3) is 0 Å². The highest BCUT2D eigenvalue weighted by atomic mass is 32.2. The average molecular weight is 284 g/mol. The fourth-order valence-electron chi connectivity index (χ4n) is 2.82. The largest absolute Gasteiger partial charge is 0.349 e. The number of fused-ring (bicyclic) bond motifs is 1. The van der Waals surface area contributed by atoms with E-state index in [4.69, 9.17) is 0 Å². The molecule has 0 aromatic heterocycles. The van der Waals surface area contributed by atoms with Crippen molar-refractivity contribution in [1.82, 2.24) is 10.2 Å². The lowest BCUT2D eigenvalue weighted by molar-refractivity contribution is -0.138. The van der Waals surface area contributed by atoms with Crippen LogP contribution in [0.2, 0.25) is 0 Å². The normalized spacial score (nSPS) is 30.6. The summed E-state index contributed by atoms with van der Waals surface area (Å²) in [4.78, 5) is 26.2. The molecule has 0 aromatic rings. The van der Waals surface area contributed by atoms with Crippen molar-refractivity contribution in [2.45, 2.75) is 69.8 Å². The highest BCUT2D eigenvalue weighted by molar-refractivity contribution is 8.01. The van der Waals surface area contributed by atoms with Gasteiger partial charge in [-0.2, -0.15) is 0 Å². The molecule has 0 radical (unpaired) electrons. The van der Waals surface area contributed by atoms with Crippen molar-refractivity contribution in [3.8, 4) is 0 Å². The first kappa shape index (κ1) is 14.7. The van der Waals surface area contributed by atoms with Crippen LogP contribution in [-0.2, 0) is 9.59 Å². The molecule has 0 saturated carbocycles. The summed E-state index contributed by atoms with van der Waals surface area (Å²) in [5, 5.41) is 3.14. The Hall–Kier alpha value is -0.710. The number of carbonyl (C=O) groups is 2. The Morgan fingerprint density at radius 2 is 2.16 bits per heavy atom. The molecule has 2 rings (SSSR count). The zero-order valence-electron chi connectivity index (χ0n) is 12.3. The maximum atomic E-state index is 12.5. The first-order valence-electron chi connectivity index (χ1n) is 7.13. The van der Waals surface area contributed by atoms with Crippen molar-refractivity contribution in [3.05, 3.63) is 0 Å². The lowest BCUT2D eigenvalue weighted by Crippen LogP contribution is -2.55. The number of rotatable bonds is 4. The number of thioether (sulfide) groups is 1. The second-order valence-electron chi connectivity index (χ2n) is 6.02. The number of hydrogen-bond acceptors (Lipinski definition) is 3. The Balaban J connectivity index is 2.11. The Kier molecular flexibility index (Phi) is 3.87. The van der Waals surface area contributed by atoms with Crippen LogP contribution < -0.4 is 5.32 Å². The van der Waals surface area contributed by atoms with Crippen LogP contribution in [0, 0.1) is 0 Å². The number of amides is 2. The van der Waals surface area contributed by atoms with Crippen LogP contribution in [0.15, 0.2) is 0 Å². The van der Waals surface area contributed by atoms with Crippen molar-refractivity contribution in [2.75, 3.05) is 5.75 Å². The Bertz CT molecular complexity index is 395. The smallest absolute Gasteiger partial charge is 0.244 e. The molecular weight excluding hydrogens is 260 g/mol. The van der Waals surface area contributed by atoms with Crippen LogP contribution in [0.1, 0.15) is 53.4 Å². The van der Waals surface area contributed by atoms with Gasteiger partial charge in [-0.1, -0.05) is 13.8 Å². The van der Waals surface area contributed by atoms with Gasteiger partial charge >= 0.3 is 0 Å². The van der Waals surface area contributed by atoms with E-state index in [0.29, 0.717) is 6.42 Å². The molecule has 0 unspecified atom stereocenters. The van der Waals surface area contributed by atoms with Gasteiger partial charge in [-0.15, -0.1) is 11.8 Å². The average Bonchev–Trinajstić information content (AvgIpc) is 2.87. The molecule has 2 heterocycles. The molecule has 5 heteroatoms. The van der Waals surface area contributed by atoms with E-state index in [-0.39, 0.29) is 28.3 Å². The summed E-state index contributed by atoms with van der Waals surface area (Å²) in [7, 11) is 0. The monoisotopic (exact) mass is 284 g/mol. The fourth-order valence-corrected chi connectivity index (χ4v) is 4.25. The van der Waals surface area contributed by atoms with Gasteiger partial charge in [0.25, 0.3) is 0 Å². The molecular formula is C14H24N2O2S. The molecule has 1 N–H and O–H groups in total. The zero-order chi connectivity index (χ0) is 14.3. The Morgan fingerprint density at radius 1 is 1.53 bits per heavy atom. The van der Waals surface area contributed by atoms with Gasteiger partial charge in [0.05, 0.1) is 4.87 Å². The van der Waals surface area contributed by atoms with Gasteiger partial charge in [0, 0.05) is 17.7 Å². The number of carbonyl (C=O) groups excluding carboxylic acids is 2. The molecule has 19 heavy (non-hydrogen) atoms. The molecule has 0 bridgehead atoms. The Labute approximate surface area is 119 Å². The lowest BCUT2D eigenvalue weighted by Gasteiger charge is -2.34. The van der Waals surface area contributed by atoms with Crippen LogP contribution in [-0.4, -0.2) is 38.9 Å². The molecule has 0 aliphatic carbocycles. The number of nitrogens with one attached hydrogen (secondary N) is 1. The summed E-state index contributed by atoms with van der Waals surface area (Å²) in [6, 6.07) is -0.289. The molecule has 108 valence electrons. The molecule has 2 saturated heterocycles. The number of hydrogen-bond donors (Lipinski definition) is 1. The predicted octanol–water partition coefficient (Wildman–Crippen LogP) is 2.14. The van der Waals surface area contributed by atoms with Gasteiger partial charge in [-0.05, 0) is 33.1 Å². The number of nitrogens with zero attached hydrogens (tertiary/aromatic N) is 1. The maximum Gasteiger partial charge on any atom is 0.244 e. The molecule has 4 nitrogen and oxygen atoms in total. The predicted molar refractivity (Wildman–Crippen MR) is 77.9 cm³/mol. The maximum absolute atomic E-state index is 12.5. The molecule has 2 atom stereocenters. The molecule has 2 amide bonds. The van der Waals surface area contributed by atoms with E-state index in [0.717, 1.165) is 25.0 Å². The third-order valence-corrected chi connectivity index (χ3v) is 6.24. The van der Waals surface area contributed by atoms with Crippen LogP contribution in [0.5, 0.6) is 0 Å². The van der Waals surface area contributed by atoms with Gasteiger partial charge in [0.1, 0.15) is 6.04 Å². The zero-order valence-corrected chi connectivity index (χ0v) is 13.1. The van der Waals surface area contributed by atoms with Crippen molar-refractivity contribution < 1.29 is 9.59 Å². The summed E-state index contributed by atoms with van der Waals surface area (Å²) < 4.78 is 0. The first-order chi connectivity index (χ1) is 8.85. The minimum Gasteiger partial charge on any atom is -0.349 e. The van der Waals surface area contributed by atoms with Gasteiger partial charge < -0.3 is 10.2 Å². The van der Waals surface area contributed by atoms with Crippen molar-refractivity contribution in [2.24, 2.45) is 0 Å². The molecule has 2 aliphatic rings. The van der Waals surface area contributed by atoms with E-state index in [1.54, 1.807) is 11.8 Å². The minimum absolute atomic E-state index is 0.0117. The van der Waals surface area contributed by atoms with E-state index in [2.05, 4.69) is 33.0 Å². The lowest BCUT2D eigenvalue weighted by atomic mass is 9.95. The van der Waals surface area contributed by atoms with E-state index < -0.39 is 0 Å². The van der Waals surface area contributed by atoms with Gasteiger partial charge in [-0.3, -0.25) is 9.59 Å². The summed E-state index contributed by atoms with van der Waals surface area (Å²) in [6.45, 7) is 8.31. The SMILES string of the molecule is CCC(C)(CC)NC(=O)[C@@H]1CS[C@]2(C)CCC(=O)N12. The van der Waals surface area contributed by atoms with E-state index in [1.807, 2.05) is 4.90 Å². The van der Waals surface area contributed by atoms with Crippen LogP contribution >= 0.6 is 11.8 Å². The third kappa shape index (κ3) is 2.49. The Morgan fingerprint density at radius 3 is 2.74 bits per heavy atom. The third-order valence-electron chi connectivity index (χ3n) is 4.73. The van der Waals surface area contributed by atoms with Gasteiger partial charge in [0.2, 0.25) is 11.8 Å². The quantitative estimate of drug-likeness (QED) is 0.860. The topological polar surface area (TPSA) is 49.4 Å². The van der Waals surface area contributed by atoms with Crippen LogP contribution in [0.4, 0.5) is 0 Å². The van der Waals surface area contributed by atoms with E-state index in [1.165, 1.54) is 0 Å². The minimum atomic E-state index is -0.289. The van der Waals surface area contributed by atoms with Crippen molar-refractivity contribution in [3.63, 3.8) is 0 Å². The highest BCUT2D eigenvalue weighted by Gasteiger charge is 2.53. The second-order valence-corrected chi connectivity index (χ2v) is 7.52. The first-order valence-corrected chi connectivity index (χ1v) is 8.12. The van der Waals surface area contributed by atoms with E-state index in [9.17, 15) is 9.59 Å². The van der Waals surface area contributed by atoms with E-state index >= 15 is 0 Å². The highest BCUT2D eigenvalue weighted by Crippen LogP contribution is 2.47. The summed E-state index contributed by atoms with van der Waals surface area (Å²) in [6.07, 6.45) is 3.24. The van der Waals surface area contributed by atoms with Gasteiger partial charge in [0.15, 0.2) is 0 Å². The van der Waals surface area contributed by atoms with Crippen molar-refractivity contribution in [1.29, 1.82) is 0 Å². The molecule has 0 spiro atoms. The molecule has 2 fully saturated rings. The van der Waals surface area contributed by atoms with Crippen LogP contribution in [0.3, 0.4) is 0 Å².